The Labute approximate surface area is 204 Å². The van der Waals surface area contributed by atoms with E-state index >= 15 is 0 Å². The monoisotopic (exact) mass is 446 g/mol. The normalized spacial score (nSPS) is 14.9. The maximum atomic E-state index is 4.56. The van der Waals surface area contributed by atoms with Crippen LogP contribution in [-0.2, 0) is 25.7 Å². The van der Waals surface area contributed by atoms with Crippen LogP contribution in [0.1, 0.15) is 44.5 Å². The number of hydrogen-bond donors (Lipinski definition) is 0. The van der Waals surface area contributed by atoms with Gasteiger partial charge in [-0.2, -0.15) is 0 Å². The van der Waals surface area contributed by atoms with E-state index < -0.39 is 0 Å². The van der Waals surface area contributed by atoms with Crippen molar-refractivity contribution in [2.75, 3.05) is 4.90 Å². The molecule has 164 valence electrons. The SMILES string of the molecule is c1ccc2c(c1)Cc1c-2ccc2c1Cc1cc3c(c4c1N2c1cnccc1C4)Cc1ccccc1-3. The van der Waals surface area contributed by atoms with Crippen LogP contribution in [0.4, 0.5) is 17.1 Å². The van der Waals surface area contributed by atoms with E-state index in [-0.39, 0.29) is 0 Å². The van der Waals surface area contributed by atoms with Crippen molar-refractivity contribution in [2.45, 2.75) is 25.7 Å². The predicted molar refractivity (Wildman–Crippen MR) is 141 cm³/mol. The van der Waals surface area contributed by atoms with Gasteiger partial charge in [-0.25, -0.2) is 0 Å². The average Bonchev–Trinajstić information content (AvgIpc) is 3.47. The molecule has 0 bridgehead atoms. The first-order valence-corrected chi connectivity index (χ1v) is 12.6. The van der Waals surface area contributed by atoms with Gasteiger partial charge >= 0.3 is 0 Å². The molecule has 2 aliphatic carbocycles. The summed E-state index contributed by atoms with van der Waals surface area (Å²) < 4.78 is 0. The molecular weight excluding hydrogens is 424 g/mol. The molecule has 35 heavy (non-hydrogen) atoms. The smallest absolute Gasteiger partial charge is 0.0680 e. The lowest BCUT2D eigenvalue weighted by Crippen LogP contribution is -2.26. The molecule has 2 heteroatoms. The minimum Gasteiger partial charge on any atom is -0.308 e. The lowest BCUT2D eigenvalue weighted by Gasteiger charge is -2.40. The van der Waals surface area contributed by atoms with E-state index in [1.807, 2.05) is 6.20 Å². The third-order valence-corrected chi connectivity index (χ3v) is 8.68. The van der Waals surface area contributed by atoms with Gasteiger partial charge in [0.05, 0.1) is 23.3 Å². The first-order valence-electron chi connectivity index (χ1n) is 12.6. The van der Waals surface area contributed by atoms with Crippen LogP contribution < -0.4 is 4.90 Å². The number of pyridine rings is 1. The van der Waals surface area contributed by atoms with Crippen LogP contribution in [0, 0.1) is 0 Å². The van der Waals surface area contributed by atoms with Crippen LogP contribution in [0.15, 0.2) is 85.2 Å². The van der Waals surface area contributed by atoms with Crippen LogP contribution in [0.2, 0.25) is 0 Å². The van der Waals surface area contributed by atoms with E-state index in [1.54, 1.807) is 0 Å². The first-order chi connectivity index (χ1) is 17.3. The molecule has 0 saturated carbocycles. The van der Waals surface area contributed by atoms with Crippen molar-refractivity contribution >= 4 is 17.1 Å². The molecule has 0 unspecified atom stereocenters. The summed E-state index contributed by atoms with van der Waals surface area (Å²) in [5, 5.41) is 0. The van der Waals surface area contributed by atoms with E-state index in [4.69, 9.17) is 0 Å². The van der Waals surface area contributed by atoms with Crippen molar-refractivity contribution < 1.29 is 0 Å². The zero-order valence-corrected chi connectivity index (χ0v) is 19.3. The van der Waals surface area contributed by atoms with Crippen molar-refractivity contribution in [1.29, 1.82) is 0 Å². The van der Waals surface area contributed by atoms with E-state index in [9.17, 15) is 0 Å². The summed E-state index contributed by atoms with van der Waals surface area (Å²) in [5.74, 6) is 0. The fraction of sp³-hybridized carbons (Fsp3) is 0.121. The molecule has 0 N–H and O–H groups in total. The Balaban J connectivity index is 1.34. The third kappa shape index (κ3) is 2.23. The van der Waals surface area contributed by atoms with Gasteiger partial charge in [0.25, 0.3) is 0 Å². The Morgan fingerprint density at radius 2 is 1.20 bits per heavy atom. The lowest BCUT2D eigenvalue weighted by molar-refractivity contribution is 0.975. The summed E-state index contributed by atoms with van der Waals surface area (Å²) >= 11 is 0. The average molecular weight is 447 g/mol. The van der Waals surface area contributed by atoms with Gasteiger partial charge in [0.15, 0.2) is 0 Å². The Bertz CT molecular complexity index is 1760. The Kier molecular flexibility index (Phi) is 3.27. The summed E-state index contributed by atoms with van der Waals surface area (Å²) in [6.45, 7) is 0. The lowest BCUT2D eigenvalue weighted by atomic mass is 9.81. The first kappa shape index (κ1) is 18.2. The Morgan fingerprint density at radius 3 is 2.03 bits per heavy atom. The highest BCUT2D eigenvalue weighted by Gasteiger charge is 2.37. The second-order valence-electron chi connectivity index (χ2n) is 10.3. The number of hydrogen-bond acceptors (Lipinski definition) is 2. The Hall–Kier alpha value is -4.17. The maximum Gasteiger partial charge on any atom is 0.0680 e. The maximum absolute atomic E-state index is 4.56. The van der Waals surface area contributed by atoms with Crippen LogP contribution in [0.5, 0.6) is 0 Å². The third-order valence-electron chi connectivity index (χ3n) is 8.68. The summed E-state index contributed by atoms with van der Waals surface area (Å²) in [6.07, 6.45) is 8.07. The van der Waals surface area contributed by atoms with E-state index in [1.165, 1.54) is 83.8 Å². The number of rotatable bonds is 0. The fourth-order valence-electron chi connectivity index (χ4n) is 7.19. The Morgan fingerprint density at radius 1 is 0.514 bits per heavy atom. The molecule has 4 aliphatic rings. The van der Waals surface area contributed by atoms with Crippen molar-refractivity contribution in [1.82, 2.24) is 4.98 Å². The van der Waals surface area contributed by atoms with Gasteiger partial charge in [0.1, 0.15) is 0 Å². The van der Waals surface area contributed by atoms with Gasteiger partial charge in [-0.3, -0.25) is 4.98 Å². The number of nitrogens with zero attached hydrogens (tertiary/aromatic N) is 2. The molecule has 0 atom stereocenters. The molecule has 0 amide bonds. The fourth-order valence-corrected chi connectivity index (χ4v) is 7.19. The molecule has 0 fully saturated rings. The van der Waals surface area contributed by atoms with Crippen LogP contribution >= 0.6 is 0 Å². The van der Waals surface area contributed by atoms with Gasteiger partial charge < -0.3 is 4.90 Å². The minimum absolute atomic E-state index is 0.986. The van der Waals surface area contributed by atoms with Crippen molar-refractivity contribution in [3.05, 3.63) is 130 Å². The zero-order chi connectivity index (χ0) is 22.7. The highest BCUT2D eigenvalue weighted by atomic mass is 15.2. The molecule has 9 rings (SSSR count). The summed E-state index contributed by atoms with van der Waals surface area (Å²) in [6, 6.07) is 27.4. The van der Waals surface area contributed by atoms with Crippen LogP contribution in [0.3, 0.4) is 0 Å². The van der Waals surface area contributed by atoms with Crippen molar-refractivity contribution in [3.8, 4) is 22.3 Å². The second kappa shape index (κ2) is 6.28. The molecule has 3 heterocycles. The number of benzene rings is 4. The largest absolute Gasteiger partial charge is 0.308 e. The van der Waals surface area contributed by atoms with Gasteiger partial charge in [0.2, 0.25) is 0 Å². The second-order valence-corrected chi connectivity index (χ2v) is 10.3. The van der Waals surface area contributed by atoms with Crippen molar-refractivity contribution in [2.24, 2.45) is 0 Å². The molecule has 0 radical (unpaired) electrons. The number of fused-ring (bicyclic) bond motifs is 12. The summed E-state index contributed by atoms with van der Waals surface area (Å²) in [5.41, 5.74) is 21.5. The topological polar surface area (TPSA) is 16.1 Å². The molecule has 4 aromatic carbocycles. The molecular formula is C33H22N2. The van der Waals surface area contributed by atoms with E-state index in [2.05, 4.69) is 88.9 Å². The molecule has 0 spiro atoms. The quantitative estimate of drug-likeness (QED) is 0.240. The standard InChI is InChI=1S/C33H22N2/c1-3-7-23-19(5-1)13-27-25(23)9-10-31-29(27)17-22-16-26-24-8-4-2-6-20(24)14-28(26)30-15-21-11-12-34-18-32(21)35(31)33(22)30/h1-12,16,18H,13-15,17H2. The molecule has 0 saturated heterocycles. The minimum atomic E-state index is 0.986. The van der Waals surface area contributed by atoms with E-state index in [0.717, 1.165) is 25.7 Å². The van der Waals surface area contributed by atoms with Crippen molar-refractivity contribution in [3.63, 3.8) is 0 Å². The molecule has 2 nitrogen and oxygen atoms in total. The highest BCUT2D eigenvalue weighted by molar-refractivity contribution is 5.95. The zero-order valence-electron chi connectivity index (χ0n) is 19.3. The number of aromatic nitrogens is 1. The molecule has 1 aromatic heterocycles. The molecule has 2 aliphatic heterocycles. The predicted octanol–water partition coefficient (Wildman–Crippen LogP) is 7.50. The highest BCUT2D eigenvalue weighted by Crippen LogP contribution is 2.56. The van der Waals surface area contributed by atoms with Gasteiger partial charge in [-0.1, -0.05) is 54.6 Å². The molecule has 5 aromatic rings. The van der Waals surface area contributed by atoms with Gasteiger partial charge in [0, 0.05) is 19.0 Å². The van der Waals surface area contributed by atoms with Gasteiger partial charge in [-0.15, -0.1) is 0 Å². The van der Waals surface area contributed by atoms with E-state index in [0.29, 0.717) is 0 Å². The number of anilines is 3. The van der Waals surface area contributed by atoms with Gasteiger partial charge in [-0.05, 0) is 97.8 Å². The summed E-state index contributed by atoms with van der Waals surface area (Å²) in [7, 11) is 0. The summed E-state index contributed by atoms with van der Waals surface area (Å²) in [4.78, 5) is 7.11. The van der Waals surface area contributed by atoms with Crippen LogP contribution in [-0.4, -0.2) is 4.98 Å². The van der Waals surface area contributed by atoms with Crippen LogP contribution in [0.25, 0.3) is 22.3 Å².